The first-order chi connectivity index (χ1) is 19.3. The molecule has 0 fully saturated rings. The van der Waals surface area contributed by atoms with Gasteiger partial charge in [-0.05, 0) is 35.8 Å². The third-order valence-electron chi connectivity index (χ3n) is 6.47. The summed E-state index contributed by atoms with van der Waals surface area (Å²) < 4.78 is 1.85. The number of hydrogen-bond donors (Lipinski definition) is 0. The van der Waals surface area contributed by atoms with Crippen LogP contribution >= 0.6 is 11.3 Å². The summed E-state index contributed by atoms with van der Waals surface area (Å²) in [6.45, 7) is 0. The standard InChI is InChI=1S/C34H24N4S/c35-22-29(21-30-23-38(31-14-8-3-9-15-31)37-33(30)28-12-6-2-7-13-28)34-36-32(24-39-34)27-18-16-26(17-19-27)20-25-10-4-1-5-11-25/h1-19,21,23-24H,20H2/b29-21-. The molecule has 2 aromatic heterocycles. The highest BCUT2D eigenvalue weighted by molar-refractivity contribution is 7.11. The molecule has 4 nitrogen and oxygen atoms in total. The number of allylic oxidation sites excluding steroid dienone is 1. The minimum absolute atomic E-state index is 0.511. The second kappa shape index (κ2) is 11.1. The van der Waals surface area contributed by atoms with Crippen LogP contribution in [0.15, 0.2) is 127 Å². The van der Waals surface area contributed by atoms with Gasteiger partial charge in [-0.15, -0.1) is 11.3 Å². The van der Waals surface area contributed by atoms with Gasteiger partial charge in [0.25, 0.3) is 0 Å². The fourth-order valence-corrected chi connectivity index (χ4v) is 5.27. The quantitative estimate of drug-likeness (QED) is 0.199. The molecule has 2 heterocycles. The lowest BCUT2D eigenvalue weighted by atomic mass is 10.0. The van der Waals surface area contributed by atoms with Crippen molar-refractivity contribution in [1.29, 1.82) is 5.26 Å². The average molecular weight is 521 g/mol. The van der Waals surface area contributed by atoms with Crippen LogP contribution in [0.4, 0.5) is 0 Å². The first kappa shape index (κ1) is 24.3. The molecule has 0 spiro atoms. The molecule has 0 radical (unpaired) electrons. The van der Waals surface area contributed by atoms with Gasteiger partial charge in [0.2, 0.25) is 0 Å². The molecule has 0 aliphatic carbocycles. The van der Waals surface area contributed by atoms with Gasteiger partial charge in [0, 0.05) is 28.3 Å². The van der Waals surface area contributed by atoms with E-state index in [9.17, 15) is 5.26 Å². The summed E-state index contributed by atoms with van der Waals surface area (Å²) in [6, 6.07) is 41.3. The molecule has 0 atom stereocenters. The molecule has 5 heteroatoms. The van der Waals surface area contributed by atoms with E-state index in [1.54, 1.807) is 0 Å². The maximum Gasteiger partial charge on any atom is 0.134 e. The predicted octanol–water partition coefficient (Wildman–Crippen LogP) is 8.32. The summed E-state index contributed by atoms with van der Waals surface area (Å²) in [5.74, 6) is 0. The van der Waals surface area contributed by atoms with Gasteiger partial charge in [-0.25, -0.2) is 9.67 Å². The van der Waals surface area contributed by atoms with Crippen molar-refractivity contribution in [3.63, 3.8) is 0 Å². The van der Waals surface area contributed by atoms with Crippen molar-refractivity contribution in [2.75, 3.05) is 0 Å². The molecule has 0 aliphatic rings. The van der Waals surface area contributed by atoms with E-state index in [1.165, 1.54) is 22.5 Å². The van der Waals surface area contributed by atoms with Crippen molar-refractivity contribution >= 4 is 23.0 Å². The van der Waals surface area contributed by atoms with Gasteiger partial charge in [-0.1, -0.05) is 103 Å². The molecule has 4 aromatic carbocycles. The van der Waals surface area contributed by atoms with E-state index in [2.05, 4.69) is 54.6 Å². The van der Waals surface area contributed by atoms with Crippen LogP contribution in [0, 0.1) is 11.3 Å². The molecule has 0 saturated heterocycles. The Morgan fingerprint density at radius 1 is 0.769 bits per heavy atom. The second-order valence-electron chi connectivity index (χ2n) is 9.15. The molecular formula is C34H24N4S. The number of nitrogens with zero attached hydrogens (tertiary/aromatic N) is 4. The number of aromatic nitrogens is 3. The molecule has 0 saturated carbocycles. The van der Waals surface area contributed by atoms with Gasteiger partial charge in [-0.3, -0.25) is 0 Å². The number of benzene rings is 4. The van der Waals surface area contributed by atoms with E-state index in [0.717, 1.165) is 40.2 Å². The molecule has 0 N–H and O–H groups in total. The van der Waals surface area contributed by atoms with E-state index in [4.69, 9.17) is 10.1 Å². The maximum atomic E-state index is 10.1. The zero-order valence-corrected chi connectivity index (χ0v) is 21.9. The maximum absolute atomic E-state index is 10.1. The lowest BCUT2D eigenvalue weighted by Gasteiger charge is -2.03. The highest BCUT2D eigenvalue weighted by Gasteiger charge is 2.15. The first-order valence-electron chi connectivity index (χ1n) is 12.7. The second-order valence-corrected chi connectivity index (χ2v) is 10.0. The highest BCUT2D eigenvalue weighted by atomic mass is 32.1. The monoisotopic (exact) mass is 520 g/mol. The Kier molecular flexibility index (Phi) is 6.94. The van der Waals surface area contributed by atoms with Crippen molar-refractivity contribution in [1.82, 2.24) is 14.8 Å². The van der Waals surface area contributed by atoms with Gasteiger partial charge in [0.15, 0.2) is 0 Å². The van der Waals surface area contributed by atoms with E-state index in [1.807, 2.05) is 89.1 Å². The predicted molar refractivity (Wildman–Crippen MR) is 159 cm³/mol. The van der Waals surface area contributed by atoms with Crippen LogP contribution in [0.2, 0.25) is 0 Å². The van der Waals surface area contributed by atoms with Crippen LogP contribution in [0.25, 0.3) is 39.9 Å². The van der Waals surface area contributed by atoms with Gasteiger partial charge >= 0.3 is 0 Å². The number of rotatable bonds is 7. The SMILES string of the molecule is N#C/C(=C/c1cn(-c2ccccc2)nc1-c1ccccc1)c1nc(-c2ccc(Cc3ccccc3)cc2)cs1. The van der Waals surface area contributed by atoms with E-state index >= 15 is 0 Å². The zero-order chi connectivity index (χ0) is 26.4. The number of para-hydroxylation sites is 1. The van der Waals surface area contributed by atoms with Crippen molar-refractivity contribution < 1.29 is 0 Å². The normalized spacial score (nSPS) is 11.3. The molecule has 6 aromatic rings. The summed E-state index contributed by atoms with van der Waals surface area (Å²) in [7, 11) is 0. The largest absolute Gasteiger partial charge is 0.240 e. The summed E-state index contributed by atoms with van der Waals surface area (Å²) in [5, 5.41) is 17.7. The summed E-state index contributed by atoms with van der Waals surface area (Å²) >= 11 is 1.48. The van der Waals surface area contributed by atoms with Crippen LogP contribution in [0.5, 0.6) is 0 Å². The molecule has 0 unspecified atom stereocenters. The van der Waals surface area contributed by atoms with Gasteiger partial charge in [0.05, 0.1) is 22.6 Å². The summed E-state index contributed by atoms with van der Waals surface area (Å²) in [6.07, 6.45) is 4.75. The molecule has 0 aliphatic heterocycles. The topological polar surface area (TPSA) is 54.5 Å². The van der Waals surface area contributed by atoms with Crippen molar-refractivity contribution in [2.45, 2.75) is 6.42 Å². The number of hydrogen-bond acceptors (Lipinski definition) is 4. The van der Waals surface area contributed by atoms with Crippen LogP contribution in [0.1, 0.15) is 21.7 Å². The Hall–Kier alpha value is -5.05. The van der Waals surface area contributed by atoms with Gasteiger partial charge in [-0.2, -0.15) is 10.4 Å². The minimum Gasteiger partial charge on any atom is -0.240 e. The molecule has 6 rings (SSSR count). The summed E-state index contributed by atoms with van der Waals surface area (Å²) in [5.41, 5.74) is 8.58. The smallest absolute Gasteiger partial charge is 0.134 e. The van der Waals surface area contributed by atoms with Gasteiger partial charge < -0.3 is 0 Å². The lowest BCUT2D eigenvalue weighted by Crippen LogP contribution is -1.93. The number of nitriles is 1. The Morgan fingerprint density at radius 3 is 2.10 bits per heavy atom. The molecule has 0 bridgehead atoms. The molecule has 39 heavy (non-hydrogen) atoms. The average Bonchev–Trinajstić information content (AvgIpc) is 3.66. The number of thiazole rings is 1. The zero-order valence-electron chi connectivity index (χ0n) is 21.1. The lowest BCUT2D eigenvalue weighted by molar-refractivity contribution is 0.884. The molecular weight excluding hydrogens is 496 g/mol. The van der Waals surface area contributed by atoms with E-state index < -0.39 is 0 Å². The third kappa shape index (κ3) is 5.47. The van der Waals surface area contributed by atoms with Crippen LogP contribution in [0.3, 0.4) is 0 Å². The fraction of sp³-hybridized carbons (Fsp3) is 0.0294. The van der Waals surface area contributed by atoms with E-state index in [-0.39, 0.29) is 0 Å². The fourth-order valence-electron chi connectivity index (χ4n) is 4.48. The highest BCUT2D eigenvalue weighted by Crippen LogP contribution is 2.31. The van der Waals surface area contributed by atoms with Gasteiger partial charge in [0.1, 0.15) is 11.1 Å². The Bertz CT molecular complexity index is 1760. The Morgan fingerprint density at radius 2 is 1.41 bits per heavy atom. The van der Waals surface area contributed by atoms with Crippen molar-refractivity contribution in [2.24, 2.45) is 0 Å². The van der Waals surface area contributed by atoms with Crippen molar-refractivity contribution in [3.8, 4) is 34.3 Å². The van der Waals surface area contributed by atoms with Crippen molar-refractivity contribution in [3.05, 3.63) is 149 Å². The Balaban J connectivity index is 1.31. The molecule has 0 amide bonds. The van der Waals surface area contributed by atoms with E-state index in [0.29, 0.717) is 10.6 Å². The van der Waals surface area contributed by atoms with Crippen LogP contribution in [-0.2, 0) is 6.42 Å². The molecule has 186 valence electrons. The third-order valence-corrected chi connectivity index (χ3v) is 7.34. The first-order valence-corrected chi connectivity index (χ1v) is 13.6. The van der Waals surface area contributed by atoms with Crippen LogP contribution in [-0.4, -0.2) is 14.8 Å². The van der Waals surface area contributed by atoms with Crippen LogP contribution < -0.4 is 0 Å². The Labute approximate surface area is 231 Å². The summed E-state index contributed by atoms with van der Waals surface area (Å²) in [4.78, 5) is 4.83. The minimum atomic E-state index is 0.511.